The van der Waals surface area contributed by atoms with Crippen LogP contribution in [0.2, 0.25) is 0 Å². The minimum atomic E-state index is -0.623. The molecular weight excluding hydrogens is 464 g/mol. The monoisotopic (exact) mass is 510 g/mol. The predicted octanol–water partition coefficient (Wildman–Crippen LogP) is 3.19. The van der Waals surface area contributed by atoms with E-state index in [0.29, 0.717) is 12.5 Å². The fourth-order valence-corrected chi connectivity index (χ4v) is 6.88. The highest BCUT2D eigenvalue weighted by molar-refractivity contribution is 5.89. The Kier molecular flexibility index (Phi) is 8.83. The molecule has 7 heteroatoms. The van der Waals surface area contributed by atoms with Crippen molar-refractivity contribution < 1.29 is 14.3 Å². The van der Waals surface area contributed by atoms with Crippen molar-refractivity contribution >= 4 is 11.8 Å². The van der Waals surface area contributed by atoms with Gasteiger partial charge in [-0.1, -0.05) is 49.6 Å². The van der Waals surface area contributed by atoms with Gasteiger partial charge in [0.05, 0.1) is 12.0 Å². The third-order valence-corrected chi connectivity index (χ3v) is 9.26. The predicted molar refractivity (Wildman–Crippen MR) is 145 cm³/mol. The van der Waals surface area contributed by atoms with Gasteiger partial charge in [-0.05, 0) is 50.5 Å². The van der Waals surface area contributed by atoms with Crippen molar-refractivity contribution in [1.29, 1.82) is 0 Å². The van der Waals surface area contributed by atoms with Crippen LogP contribution >= 0.6 is 0 Å². The maximum atomic E-state index is 13.9. The lowest BCUT2D eigenvalue weighted by Crippen LogP contribution is -2.63. The molecule has 37 heavy (non-hydrogen) atoms. The van der Waals surface area contributed by atoms with Gasteiger partial charge in [-0.2, -0.15) is 0 Å². The number of rotatable bonds is 9. The second-order valence-electron chi connectivity index (χ2n) is 12.1. The molecule has 5 rings (SSSR count). The highest BCUT2D eigenvalue weighted by Crippen LogP contribution is 2.40. The van der Waals surface area contributed by atoms with Gasteiger partial charge in [0.25, 0.3) is 0 Å². The second kappa shape index (κ2) is 12.3. The first-order chi connectivity index (χ1) is 18.0. The number of hydrogen-bond acceptors (Lipinski definition) is 5. The fourth-order valence-electron chi connectivity index (χ4n) is 6.88. The summed E-state index contributed by atoms with van der Waals surface area (Å²) < 4.78 is 6.33. The molecule has 7 nitrogen and oxygen atoms in total. The van der Waals surface area contributed by atoms with E-state index in [1.165, 1.54) is 44.1 Å². The van der Waals surface area contributed by atoms with Crippen LogP contribution in [0.1, 0.15) is 63.9 Å². The molecule has 1 spiro atoms. The molecule has 4 fully saturated rings. The Morgan fingerprint density at radius 1 is 1.05 bits per heavy atom. The smallest absolute Gasteiger partial charge is 0.247 e. The first-order valence-corrected chi connectivity index (χ1v) is 14.7. The molecule has 3 atom stereocenters. The first-order valence-electron chi connectivity index (χ1n) is 14.7. The Morgan fingerprint density at radius 3 is 2.43 bits per heavy atom. The molecule has 2 N–H and O–H groups in total. The lowest BCUT2D eigenvalue weighted by Gasteiger charge is -2.43. The van der Waals surface area contributed by atoms with Gasteiger partial charge >= 0.3 is 0 Å². The number of piperidine rings is 1. The third kappa shape index (κ3) is 6.37. The van der Waals surface area contributed by atoms with E-state index in [1.807, 2.05) is 17.9 Å². The normalized spacial score (nSPS) is 26.0. The maximum absolute atomic E-state index is 13.9. The number of carbonyl (C=O) groups excluding carboxylic acids is 2. The van der Waals surface area contributed by atoms with Gasteiger partial charge in [0.2, 0.25) is 11.8 Å². The van der Waals surface area contributed by atoms with Crippen LogP contribution in [0.25, 0.3) is 0 Å². The van der Waals surface area contributed by atoms with E-state index >= 15 is 0 Å². The molecule has 1 aromatic rings. The lowest BCUT2D eigenvalue weighted by atomic mass is 9.72. The molecule has 0 aromatic heterocycles. The van der Waals surface area contributed by atoms with E-state index in [4.69, 9.17) is 4.74 Å². The van der Waals surface area contributed by atoms with E-state index in [-0.39, 0.29) is 29.3 Å². The zero-order valence-electron chi connectivity index (χ0n) is 22.6. The second-order valence-corrected chi connectivity index (χ2v) is 12.1. The summed E-state index contributed by atoms with van der Waals surface area (Å²) >= 11 is 0. The van der Waals surface area contributed by atoms with Crippen LogP contribution in [0.3, 0.4) is 0 Å². The summed E-state index contributed by atoms with van der Waals surface area (Å²) in [4.78, 5) is 31.9. The zero-order chi connectivity index (χ0) is 25.7. The van der Waals surface area contributed by atoms with Crippen molar-refractivity contribution in [3.63, 3.8) is 0 Å². The summed E-state index contributed by atoms with van der Waals surface area (Å²) in [5.74, 6) is 0.493. The number of carbonyl (C=O) groups is 2. The molecule has 1 aliphatic carbocycles. The molecule has 3 saturated heterocycles. The number of nitrogens with zero attached hydrogens (tertiary/aromatic N) is 2. The minimum Gasteiger partial charge on any atom is -0.376 e. The quantitative estimate of drug-likeness (QED) is 0.534. The molecule has 0 bridgehead atoms. The van der Waals surface area contributed by atoms with Crippen LogP contribution < -0.4 is 10.6 Å². The summed E-state index contributed by atoms with van der Waals surface area (Å²) in [5, 5.41) is 6.66. The van der Waals surface area contributed by atoms with Crippen molar-refractivity contribution in [2.45, 2.75) is 77.0 Å². The summed E-state index contributed by atoms with van der Waals surface area (Å²) in [5.41, 5.74) is 1.22. The Balaban J connectivity index is 1.26. The zero-order valence-corrected chi connectivity index (χ0v) is 22.6. The number of amides is 2. The highest BCUT2D eigenvalue weighted by Gasteiger charge is 2.54. The van der Waals surface area contributed by atoms with Crippen LogP contribution in [0.5, 0.6) is 0 Å². The van der Waals surface area contributed by atoms with E-state index in [9.17, 15) is 9.59 Å². The highest BCUT2D eigenvalue weighted by atomic mass is 16.5. The molecule has 2 amide bonds. The molecule has 3 aliphatic heterocycles. The Morgan fingerprint density at radius 2 is 1.76 bits per heavy atom. The van der Waals surface area contributed by atoms with E-state index in [2.05, 4.69) is 39.8 Å². The number of hydrogen-bond donors (Lipinski definition) is 2. The lowest BCUT2D eigenvalue weighted by molar-refractivity contribution is -0.144. The van der Waals surface area contributed by atoms with Crippen LogP contribution in [0, 0.1) is 17.3 Å². The Bertz CT molecular complexity index is 893. The summed E-state index contributed by atoms with van der Waals surface area (Å²) in [6.07, 6.45) is 9.18. The van der Waals surface area contributed by atoms with Crippen molar-refractivity contribution in [1.82, 2.24) is 20.4 Å². The molecule has 3 heterocycles. The minimum absolute atomic E-state index is 0.0144. The number of ether oxygens (including phenoxy) is 1. The molecular formula is C30H46N4O3. The Hall–Kier alpha value is -1.96. The van der Waals surface area contributed by atoms with Gasteiger partial charge < -0.3 is 20.3 Å². The van der Waals surface area contributed by atoms with Crippen molar-refractivity contribution in [2.24, 2.45) is 17.3 Å². The van der Waals surface area contributed by atoms with Crippen molar-refractivity contribution in [3.05, 3.63) is 35.9 Å². The van der Waals surface area contributed by atoms with Crippen molar-refractivity contribution in [2.75, 3.05) is 45.9 Å². The third-order valence-electron chi connectivity index (χ3n) is 9.26. The van der Waals surface area contributed by atoms with Gasteiger partial charge in [-0.3, -0.25) is 14.5 Å². The molecule has 0 radical (unpaired) electrons. The Labute approximate surface area is 222 Å². The number of nitrogens with one attached hydrogen (secondary N) is 2. The molecule has 1 saturated carbocycles. The summed E-state index contributed by atoms with van der Waals surface area (Å²) in [7, 11) is 0. The first kappa shape index (κ1) is 26.6. The summed E-state index contributed by atoms with van der Waals surface area (Å²) in [6.45, 7) is 8.42. The SMILES string of the molecule is C[C@@H](OCC1CCCCC1)[C@H](NC(=O)[C@@H]1CN(Cc2ccccc2)CC12CNC2)C(=O)N1CCCCC1. The van der Waals surface area contributed by atoms with Crippen LogP contribution in [-0.4, -0.2) is 79.6 Å². The standard InChI is InChI=1S/C30H46N4O3/c1-23(37-19-25-13-7-3-8-14-25)27(29(36)34-15-9-4-10-16-34)32-28(35)26-18-33(22-30(26)20-31-21-30)17-24-11-5-2-6-12-24/h2,5-6,11-12,23,25-27,31H,3-4,7-10,13-22H2,1H3,(H,32,35)/t23-,26+,27+/m1/s1. The average molecular weight is 511 g/mol. The molecule has 4 aliphatic rings. The number of likely N-dealkylation sites (tertiary alicyclic amines) is 2. The van der Waals surface area contributed by atoms with Gasteiger partial charge in [0.1, 0.15) is 6.04 Å². The topological polar surface area (TPSA) is 73.9 Å². The van der Waals surface area contributed by atoms with Crippen LogP contribution in [0.4, 0.5) is 0 Å². The van der Waals surface area contributed by atoms with Crippen LogP contribution in [-0.2, 0) is 20.9 Å². The maximum Gasteiger partial charge on any atom is 0.247 e. The summed E-state index contributed by atoms with van der Waals surface area (Å²) in [6, 6.07) is 9.86. The van der Waals surface area contributed by atoms with E-state index in [1.54, 1.807) is 0 Å². The number of benzene rings is 1. The van der Waals surface area contributed by atoms with Gasteiger partial charge in [0.15, 0.2) is 0 Å². The van der Waals surface area contributed by atoms with E-state index in [0.717, 1.165) is 58.7 Å². The van der Waals surface area contributed by atoms with Crippen molar-refractivity contribution in [3.8, 4) is 0 Å². The molecule has 204 valence electrons. The van der Waals surface area contributed by atoms with Gasteiger partial charge in [0, 0.05) is 57.8 Å². The fraction of sp³-hybridized carbons (Fsp3) is 0.733. The van der Waals surface area contributed by atoms with Gasteiger partial charge in [-0.15, -0.1) is 0 Å². The average Bonchev–Trinajstić information content (AvgIpc) is 3.32. The van der Waals surface area contributed by atoms with Gasteiger partial charge in [-0.25, -0.2) is 0 Å². The molecule has 1 aromatic carbocycles. The molecule has 0 unspecified atom stereocenters. The van der Waals surface area contributed by atoms with E-state index < -0.39 is 6.04 Å². The van der Waals surface area contributed by atoms with Crippen LogP contribution in [0.15, 0.2) is 30.3 Å². The largest absolute Gasteiger partial charge is 0.376 e.